The van der Waals surface area contributed by atoms with Crippen LogP contribution in [0.5, 0.6) is 0 Å². The van der Waals surface area contributed by atoms with E-state index in [4.69, 9.17) is 4.74 Å². The second kappa shape index (κ2) is 9.56. The molecule has 1 atom stereocenters. The predicted molar refractivity (Wildman–Crippen MR) is 115 cm³/mol. The highest BCUT2D eigenvalue weighted by atomic mass is 16.5. The zero-order chi connectivity index (χ0) is 20.8. The molecule has 2 N–H and O–H groups in total. The van der Waals surface area contributed by atoms with Crippen LogP contribution in [-0.4, -0.2) is 44.2 Å². The van der Waals surface area contributed by atoms with Gasteiger partial charge in [0.2, 0.25) is 5.91 Å². The third kappa shape index (κ3) is 5.57. The van der Waals surface area contributed by atoms with E-state index in [-0.39, 0.29) is 17.7 Å². The van der Waals surface area contributed by atoms with E-state index in [1.807, 2.05) is 63.2 Å². The number of hydrogen-bond acceptors (Lipinski definition) is 4. The van der Waals surface area contributed by atoms with Crippen molar-refractivity contribution in [2.75, 3.05) is 36.5 Å². The van der Waals surface area contributed by atoms with Crippen molar-refractivity contribution in [3.63, 3.8) is 0 Å². The molecule has 1 aliphatic heterocycles. The van der Waals surface area contributed by atoms with Gasteiger partial charge in [-0.2, -0.15) is 0 Å². The highest BCUT2D eigenvalue weighted by Crippen LogP contribution is 2.19. The number of nitrogens with zero attached hydrogens (tertiary/aromatic N) is 1. The van der Waals surface area contributed by atoms with Crippen molar-refractivity contribution in [3.05, 3.63) is 59.7 Å². The highest BCUT2D eigenvalue weighted by Gasteiger charge is 2.25. The molecule has 0 aromatic heterocycles. The number of nitrogens with one attached hydrogen (secondary N) is 2. The maximum atomic E-state index is 12.8. The molecule has 0 saturated carbocycles. The number of carbonyl (C=O) groups is 2. The summed E-state index contributed by atoms with van der Waals surface area (Å²) in [5.41, 5.74) is 3.38. The molecular formula is C23H29N3O3. The first-order valence-corrected chi connectivity index (χ1v) is 10.0. The molecule has 29 heavy (non-hydrogen) atoms. The lowest BCUT2D eigenvalue weighted by atomic mass is 10.0. The third-order valence-corrected chi connectivity index (χ3v) is 5.03. The van der Waals surface area contributed by atoms with Crippen LogP contribution in [0.1, 0.15) is 29.8 Å². The second-order valence-corrected chi connectivity index (χ2v) is 7.70. The Morgan fingerprint density at radius 1 is 1.03 bits per heavy atom. The van der Waals surface area contributed by atoms with E-state index in [0.29, 0.717) is 11.3 Å². The van der Waals surface area contributed by atoms with Crippen LogP contribution in [0.25, 0.3) is 0 Å². The molecular weight excluding hydrogens is 366 g/mol. The minimum atomic E-state index is -0.623. The molecule has 0 aliphatic carbocycles. The summed E-state index contributed by atoms with van der Waals surface area (Å²) < 4.78 is 5.38. The summed E-state index contributed by atoms with van der Waals surface area (Å²) in [6, 6.07) is 14.5. The molecule has 1 aliphatic rings. The molecule has 6 heteroatoms. The van der Waals surface area contributed by atoms with E-state index in [1.165, 1.54) is 0 Å². The Morgan fingerprint density at radius 3 is 2.34 bits per heavy atom. The van der Waals surface area contributed by atoms with Gasteiger partial charge in [0, 0.05) is 30.0 Å². The summed E-state index contributed by atoms with van der Waals surface area (Å²) in [7, 11) is 0. The van der Waals surface area contributed by atoms with E-state index in [0.717, 1.165) is 37.6 Å². The van der Waals surface area contributed by atoms with Crippen molar-refractivity contribution in [1.29, 1.82) is 0 Å². The summed E-state index contributed by atoms with van der Waals surface area (Å²) in [5.74, 6) is -0.512. The summed E-state index contributed by atoms with van der Waals surface area (Å²) >= 11 is 0. The molecule has 2 amide bonds. The van der Waals surface area contributed by atoms with E-state index in [9.17, 15) is 9.59 Å². The van der Waals surface area contributed by atoms with Gasteiger partial charge in [-0.1, -0.05) is 31.5 Å². The molecule has 154 valence electrons. The van der Waals surface area contributed by atoms with Gasteiger partial charge in [-0.3, -0.25) is 9.59 Å². The Labute approximate surface area is 172 Å². The average molecular weight is 396 g/mol. The molecule has 1 heterocycles. The van der Waals surface area contributed by atoms with Crippen LogP contribution in [0, 0.1) is 12.8 Å². The van der Waals surface area contributed by atoms with Crippen LogP contribution < -0.4 is 15.5 Å². The van der Waals surface area contributed by atoms with Crippen molar-refractivity contribution >= 4 is 23.2 Å². The minimum absolute atomic E-state index is 0.0450. The first-order valence-electron chi connectivity index (χ1n) is 10.0. The van der Waals surface area contributed by atoms with Crippen molar-refractivity contribution in [2.45, 2.75) is 26.8 Å². The first-order chi connectivity index (χ1) is 13.9. The summed E-state index contributed by atoms with van der Waals surface area (Å²) in [5, 5.41) is 5.79. The molecule has 0 spiro atoms. The molecule has 2 aromatic rings. The predicted octanol–water partition coefficient (Wildman–Crippen LogP) is 3.22. The number of anilines is 2. The van der Waals surface area contributed by atoms with Gasteiger partial charge in [-0.25, -0.2) is 0 Å². The van der Waals surface area contributed by atoms with Gasteiger partial charge >= 0.3 is 0 Å². The zero-order valence-corrected chi connectivity index (χ0v) is 17.3. The lowest BCUT2D eigenvalue weighted by Gasteiger charge is -2.29. The van der Waals surface area contributed by atoms with Crippen LogP contribution in [0.2, 0.25) is 0 Å². The number of ether oxygens (including phenoxy) is 1. The van der Waals surface area contributed by atoms with Gasteiger partial charge in [0.1, 0.15) is 6.04 Å². The van der Waals surface area contributed by atoms with Crippen LogP contribution in [0.4, 0.5) is 11.4 Å². The Balaban J connectivity index is 1.64. The summed E-state index contributed by atoms with van der Waals surface area (Å²) in [6.07, 6.45) is 0. The average Bonchev–Trinajstić information content (AvgIpc) is 2.72. The normalized spacial score (nSPS) is 15.1. The van der Waals surface area contributed by atoms with E-state index in [2.05, 4.69) is 15.5 Å². The fourth-order valence-electron chi connectivity index (χ4n) is 3.34. The minimum Gasteiger partial charge on any atom is -0.378 e. The van der Waals surface area contributed by atoms with Crippen molar-refractivity contribution in [1.82, 2.24) is 5.32 Å². The molecule has 0 bridgehead atoms. The summed E-state index contributed by atoms with van der Waals surface area (Å²) in [4.78, 5) is 27.7. The van der Waals surface area contributed by atoms with Crippen LogP contribution >= 0.6 is 0 Å². The second-order valence-electron chi connectivity index (χ2n) is 7.70. The number of carbonyl (C=O) groups excluding carboxylic acids is 2. The van der Waals surface area contributed by atoms with Gasteiger partial charge < -0.3 is 20.3 Å². The third-order valence-electron chi connectivity index (χ3n) is 5.03. The van der Waals surface area contributed by atoms with Crippen LogP contribution in [-0.2, 0) is 9.53 Å². The van der Waals surface area contributed by atoms with E-state index >= 15 is 0 Å². The number of morpholine rings is 1. The lowest BCUT2D eigenvalue weighted by Crippen LogP contribution is -2.47. The number of rotatable bonds is 6. The topological polar surface area (TPSA) is 70.7 Å². The Kier molecular flexibility index (Phi) is 6.88. The number of aryl methyl sites for hydroxylation is 1. The quantitative estimate of drug-likeness (QED) is 0.788. The van der Waals surface area contributed by atoms with Crippen LogP contribution in [0.3, 0.4) is 0 Å². The fourth-order valence-corrected chi connectivity index (χ4v) is 3.34. The molecule has 0 unspecified atom stereocenters. The number of benzene rings is 2. The lowest BCUT2D eigenvalue weighted by molar-refractivity contribution is -0.118. The van der Waals surface area contributed by atoms with Gasteiger partial charge in [-0.15, -0.1) is 0 Å². The monoisotopic (exact) mass is 395 g/mol. The van der Waals surface area contributed by atoms with Gasteiger partial charge in [0.15, 0.2) is 0 Å². The van der Waals surface area contributed by atoms with E-state index in [1.54, 1.807) is 6.07 Å². The maximum Gasteiger partial charge on any atom is 0.251 e. The number of hydrogen-bond donors (Lipinski definition) is 2. The van der Waals surface area contributed by atoms with Crippen LogP contribution in [0.15, 0.2) is 48.5 Å². The molecule has 6 nitrogen and oxygen atoms in total. The molecule has 1 saturated heterocycles. The first kappa shape index (κ1) is 20.9. The Bertz CT molecular complexity index is 843. The Morgan fingerprint density at radius 2 is 1.72 bits per heavy atom. The van der Waals surface area contributed by atoms with Gasteiger partial charge in [0.25, 0.3) is 5.91 Å². The fraction of sp³-hybridized carbons (Fsp3) is 0.391. The molecule has 3 rings (SSSR count). The molecule has 1 fully saturated rings. The maximum absolute atomic E-state index is 12.8. The standard InChI is InChI=1S/C23H29N3O3/c1-16(2)21(25-22(27)18-6-4-5-17(3)15-18)23(28)24-19-7-9-20(10-8-19)26-11-13-29-14-12-26/h4-10,15-16,21H,11-14H2,1-3H3,(H,24,28)(H,25,27)/t21-/m0/s1. The Hall–Kier alpha value is -2.86. The van der Waals surface area contributed by atoms with Crippen molar-refractivity contribution in [2.24, 2.45) is 5.92 Å². The smallest absolute Gasteiger partial charge is 0.251 e. The molecule has 2 aromatic carbocycles. The summed E-state index contributed by atoms with van der Waals surface area (Å²) in [6.45, 7) is 8.97. The van der Waals surface area contributed by atoms with Crippen molar-refractivity contribution < 1.29 is 14.3 Å². The van der Waals surface area contributed by atoms with Gasteiger partial charge in [0.05, 0.1) is 13.2 Å². The molecule has 0 radical (unpaired) electrons. The SMILES string of the molecule is Cc1cccc(C(=O)N[C@H](C(=O)Nc2ccc(N3CCOCC3)cc2)C(C)C)c1. The number of amides is 2. The van der Waals surface area contributed by atoms with Gasteiger partial charge in [-0.05, 0) is 49.2 Å². The van der Waals surface area contributed by atoms with E-state index < -0.39 is 6.04 Å². The zero-order valence-electron chi connectivity index (χ0n) is 17.3. The highest BCUT2D eigenvalue weighted by molar-refractivity contribution is 6.01. The largest absolute Gasteiger partial charge is 0.378 e. The van der Waals surface area contributed by atoms with Crippen molar-refractivity contribution in [3.8, 4) is 0 Å².